The van der Waals surface area contributed by atoms with Gasteiger partial charge in [-0.25, -0.2) is 12.8 Å². The van der Waals surface area contributed by atoms with Crippen LogP contribution in [0.25, 0.3) is 0 Å². The van der Waals surface area contributed by atoms with Gasteiger partial charge in [0.15, 0.2) is 0 Å². The summed E-state index contributed by atoms with van der Waals surface area (Å²) < 4.78 is 35.9. The Morgan fingerprint density at radius 2 is 2.12 bits per heavy atom. The van der Waals surface area contributed by atoms with E-state index < -0.39 is 15.7 Å². The van der Waals surface area contributed by atoms with Gasteiger partial charge >= 0.3 is 0 Å². The molecule has 17 heavy (non-hydrogen) atoms. The molecule has 6 heteroatoms. The molecule has 1 aromatic carbocycles. The minimum absolute atomic E-state index is 0.0475. The highest BCUT2D eigenvalue weighted by Crippen LogP contribution is 2.20. The van der Waals surface area contributed by atoms with Gasteiger partial charge in [-0.1, -0.05) is 17.7 Å². The van der Waals surface area contributed by atoms with Crippen LogP contribution < -0.4 is 5.32 Å². The normalized spacial score (nSPS) is 13.6. The first-order valence-corrected chi connectivity index (χ1v) is 7.55. The summed E-state index contributed by atoms with van der Waals surface area (Å²) in [6, 6.07) is 4.08. The van der Waals surface area contributed by atoms with Crippen LogP contribution >= 0.6 is 11.6 Å². The molecule has 0 radical (unpaired) electrons. The molecule has 0 heterocycles. The van der Waals surface area contributed by atoms with Gasteiger partial charge in [0.1, 0.15) is 15.7 Å². The van der Waals surface area contributed by atoms with E-state index in [4.69, 9.17) is 11.6 Å². The summed E-state index contributed by atoms with van der Waals surface area (Å²) in [5.41, 5.74) is 0.345. The zero-order chi connectivity index (χ0) is 13.1. The zero-order valence-corrected chi connectivity index (χ0v) is 11.3. The smallest absolute Gasteiger partial charge is 0.148 e. The van der Waals surface area contributed by atoms with Crippen LogP contribution in [0, 0.1) is 5.82 Å². The van der Waals surface area contributed by atoms with E-state index in [-0.39, 0.29) is 18.2 Å². The van der Waals surface area contributed by atoms with E-state index >= 15 is 0 Å². The van der Waals surface area contributed by atoms with Crippen molar-refractivity contribution in [2.24, 2.45) is 0 Å². The lowest BCUT2D eigenvalue weighted by Gasteiger charge is -2.16. The van der Waals surface area contributed by atoms with Crippen LogP contribution in [-0.4, -0.2) is 33.5 Å². The van der Waals surface area contributed by atoms with Gasteiger partial charge in [-0.05, 0) is 25.6 Å². The minimum Gasteiger partial charge on any atom is -0.316 e. The van der Waals surface area contributed by atoms with E-state index in [2.05, 4.69) is 5.32 Å². The lowest BCUT2D eigenvalue weighted by Crippen LogP contribution is -2.35. The van der Waals surface area contributed by atoms with Crippen molar-refractivity contribution in [1.29, 1.82) is 0 Å². The van der Waals surface area contributed by atoms with Gasteiger partial charge in [0.25, 0.3) is 0 Å². The molecule has 96 valence electrons. The van der Waals surface area contributed by atoms with Crippen molar-refractivity contribution < 1.29 is 12.8 Å². The molecule has 0 aromatic heterocycles. The highest BCUT2D eigenvalue weighted by molar-refractivity contribution is 7.90. The van der Waals surface area contributed by atoms with E-state index in [0.29, 0.717) is 10.6 Å². The predicted octanol–water partition coefficient (Wildman–Crippen LogP) is 1.65. The summed E-state index contributed by atoms with van der Waals surface area (Å²) in [5, 5.41) is 3.18. The van der Waals surface area contributed by atoms with E-state index in [9.17, 15) is 12.8 Å². The van der Waals surface area contributed by atoms with Crippen LogP contribution in [0.2, 0.25) is 5.02 Å². The van der Waals surface area contributed by atoms with Crippen LogP contribution in [0.5, 0.6) is 0 Å². The molecule has 1 atom stereocenters. The van der Waals surface area contributed by atoms with Crippen molar-refractivity contribution in [1.82, 2.24) is 5.32 Å². The molecule has 3 nitrogen and oxygen atoms in total. The molecule has 0 saturated heterocycles. The number of nitrogens with one attached hydrogen (secondary N) is 1. The van der Waals surface area contributed by atoms with Gasteiger partial charge in [-0.2, -0.15) is 0 Å². The molecule has 0 aliphatic carbocycles. The number of rotatable bonds is 5. The summed E-state index contributed by atoms with van der Waals surface area (Å²) in [6.07, 6.45) is 1.40. The standard InChI is InChI=1S/C11H15ClFNO2S/c1-14-8(7-17(2,15)16)6-9-10(12)4-3-5-11(9)13/h3-5,8,14H,6-7H2,1-2H3. The quantitative estimate of drug-likeness (QED) is 0.892. The van der Waals surface area contributed by atoms with E-state index in [0.717, 1.165) is 6.26 Å². The third kappa shape index (κ3) is 4.61. The largest absolute Gasteiger partial charge is 0.316 e. The fourth-order valence-corrected chi connectivity index (χ4v) is 2.84. The number of hydrogen-bond acceptors (Lipinski definition) is 3. The van der Waals surface area contributed by atoms with Gasteiger partial charge < -0.3 is 5.32 Å². The number of benzene rings is 1. The van der Waals surface area contributed by atoms with Crippen molar-refractivity contribution in [3.8, 4) is 0 Å². The summed E-state index contributed by atoms with van der Waals surface area (Å²) >= 11 is 5.88. The second kappa shape index (κ2) is 5.80. The summed E-state index contributed by atoms with van der Waals surface area (Å²) in [7, 11) is -1.47. The summed E-state index contributed by atoms with van der Waals surface area (Å²) in [4.78, 5) is 0. The number of hydrogen-bond donors (Lipinski definition) is 1. The zero-order valence-electron chi connectivity index (χ0n) is 9.70. The Morgan fingerprint density at radius 1 is 1.47 bits per heavy atom. The first-order chi connectivity index (χ1) is 7.83. The molecule has 0 spiro atoms. The lowest BCUT2D eigenvalue weighted by molar-refractivity contribution is 0.549. The third-order valence-electron chi connectivity index (χ3n) is 2.42. The molecule has 1 unspecified atom stereocenters. The molecule has 0 aliphatic heterocycles. The Hall–Kier alpha value is -0.650. The van der Waals surface area contributed by atoms with Gasteiger partial charge in [0.2, 0.25) is 0 Å². The molecule has 1 rings (SSSR count). The Morgan fingerprint density at radius 3 is 2.59 bits per heavy atom. The minimum atomic E-state index is -3.11. The molecule has 0 saturated carbocycles. The number of halogens is 2. The second-order valence-electron chi connectivity index (χ2n) is 3.98. The Balaban J connectivity index is 2.88. The SMILES string of the molecule is CNC(Cc1c(F)cccc1Cl)CS(C)(=O)=O. The van der Waals surface area contributed by atoms with E-state index in [1.54, 1.807) is 13.1 Å². The van der Waals surface area contributed by atoms with Gasteiger partial charge in [-0.3, -0.25) is 0 Å². The van der Waals surface area contributed by atoms with Gasteiger partial charge in [0.05, 0.1) is 5.75 Å². The van der Waals surface area contributed by atoms with Gasteiger partial charge in [0, 0.05) is 22.9 Å². The van der Waals surface area contributed by atoms with Crippen molar-refractivity contribution in [3.63, 3.8) is 0 Å². The van der Waals surface area contributed by atoms with E-state index in [1.165, 1.54) is 12.1 Å². The lowest BCUT2D eigenvalue weighted by atomic mass is 10.1. The molecule has 1 N–H and O–H groups in total. The summed E-state index contributed by atoms with van der Waals surface area (Å²) in [6.45, 7) is 0. The molecular formula is C11H15ClFNO2S. The predicted molar refractivity (Wildman–Crippen MR) is 67.7 cm³/mol. The van der Waals surface area contributed by atoms with Crippen LogP contribution in [0.3, 0.4) is 0 Å². The van der Waals surface area contributed by atoms with E-state index in [1.807, 2.05) is 0 Å². The third-order valence-corrected chi connectivity index (χ3v) is 3.79. The van der Waals surface area contributed by atoms with Crippen molar-refractivity contribution in [2.75, 3.05) is 19.1 Å². The summed E-state index contributed by atoms with van der Waals surface area (Å²) in [5.74, 6) is -0.458. The first-order valence-electron chi connectivity index (χ1n) is 5.11. The van der Waals surface area contributed by atoms with Crippen LogP contribution in [0.4, 0.5) is 4.39 Å². The Bertz CT molecular complexity index is 470. The molecule has 0 amide bonds. The second-order valence-corrected chi connectivity index (χ2v) is 6.57. The fraction of sp³-hybridized carbons (Fsp3) is 0.455. The molecule has 0 bridgehead atoms. The van der Waals surface area contributed by atoms with Crippen molar-refractivity contribution in [2.45, 2.75) is 12.5 Å². The fourth-order valence-electron chi connectivity index (χ4n) is 1.58. The average Bonchev–Trinajstić information content (AvgIpc) is 2.20. The number of likely N-dealkylation sites (N-methyl/N-ethyl adjacent to an activating group) is 1. The maximum Gasteiger partial charge on any atom is 0.148 e. The molecule has 1 aromatic rings. The topological polar surface area (TPSA) is 46.2 Å². The monoisotopic (exact) mass is 279 g/mol. The maximum atomic E-state index is 13.5. The highest BCUT2D eigenvalue weighted by atomic mass is 35.5. The molecular weight excluding hydrogens is 265 g/mol. The van der Waals surface area contributed by atoms with Crippen LogP contribution in [0.15, 0.2) is 18.2 Å². The highest BCUT2D eigenvalue weighted by Gasteiger charge is 2.17. The van der Waals surface area contributed by atoms with Crippen LogP contribution in [0.1, 0.15) is 5.56 Å². The molecule has 0 aliphatic rings. The van der Waals surface area contributed by atoms with Crippen molar-refractivity contribution in [3.05, 3.63) is 34.6 Å². The number of sulfone groups is 1. The molecule has 0 fully saturated rings. The Kier molecular flexibility index (Phi) is 4.91. The Labute approximate surface area is 106 Å². The first kappa shape index (κ1) is 14.4. The van der Waals surface area contributed by atoms with Crippen molar-refractivity contribution >= 4 is 21.4 Å². The average molecular weight is 280 g/mol. The van der Waals surface area contributed by atoms with Crippen LogP contribution in [-0.2, 0) is 16.3 Å². The van der Waals surface area contributed by atoms with Gasteiger partial charge in [-0.15, -0.1) is 0 Å². The maximum absolute atomic E-state index is 13.5.